The minimum atomic E-state index is -0.241. The van der Waals surface area contributed by atoms with Gasteiger partial charge in [0.2, 0.25) is 0 Å². The summed E-state index contributed by atoms with van der Waals surface area (Å²) in [5.41, 5.74) is 2.00. The van der Waals surface area contributed by atoms with E-state index in [2.05, 4.69) is 26.1 Å². The molecule has 0 aliphatic heterocycles. The van der Waals surface area contributed by atoms with Gasteiger partial charge in [-0.15, -0.1) is 0 Å². The molecule has 0 saturated heterocycles. The van der Waals surface area contributed by atoms with Crippen LogP contribution in [0, 0.1) is 0 Å². The number of hydrogen-bond acceptors (Lipinski definition) is 4. The van der Waals surface area contributed by atoms with Crippen LogP contribution in [0.15, 0.2) is 42.5 Å². The Kier molecular flexibility index (Phi) is 6.50. The first-order valence-corrected chi connectivity index (χ1v) is 8.65. The summed E-state index contributed by atoms with van der Waals surface area (Å²) in [5, 5.41) is 2.78. The predicted octanol–water partition coefficient (Wildman–Crippen LogP) is 4.41. The third-order valence-corrected chi connectivity index (χ3v) is 4.56. The van der Waals surface area contributed by atoms with Crippen LogP contribution in [0.4, 0.5) is 5.69 Å². The van der Waals surface area contributed by atoms with Gasteiger partial charge in [-0.2, -0.15) is 0 Å². The van der Waals surface area contributed by atoms with Gasteiger partial charge in [-0.3, -0.25) is 4.79 Å². The number of nitrogens with one attached hydrogen (secondary N) is 1. The summed E-state index contributed by atoms with van der Waals surface area (Å²) in [6.45, 7) is 6.52. The second-order valence-electron chi connectivity index (χ2n) is 6.67. The Hall–Kier alpha value is -2.69. The summed E-state index contributed by atoms with van der Waals surface area (Å²) in [7, 11) is 3.12. The van der Waals surface area contributed by atoms with Gasteiger partial charge < -0.3 is 19.5 Å². The van der Waals surface area contributed by atoms with Gasteiger partial charge in [0, 0.05) is 11.8 Å². The molecule has 0 heterocycles. The summed E-state index contributed by atoms with van der Waals surface area (Å²) in [6, 6.07) is 13.1. The van der Waals surface area contributed by atoms with E-state index < -0.39 is 0 Å². The molecular formula is C21H27NO4. The van der Waals surface area contributed by atoms with E-state index in [0.29, 0.717) is 22.9 Å². The van der Waals surface area contributed by atoms with Crippen molar-refractivity contribution in [3.63, 3.8) is 0 Å². The second-order valence-corrected chi connectivity index (χ2v) is 6.67. The SMILES string of the molecule is CCC(C)(C)c1ccc(OCC(=O)Nc2ccc(OC)c(OC)c2)cc1. The molecule has 2 aromatic rings. The average Bonchev–Trinajstić information content (AvgIpc) is 2.66. The standard InChI is InChI=1S/C21H27NO4/c1-6-21(2,3)15-7-10-17(11-8-15)26-14-20(23)22-16-9-12-18(24-4)19(13-16)25-5/h7-13H,6,14H2,1-5H3,(H,22,23). The van der Waals surface area contributed by atoms with Crippen LogP contribution in [0.5, 0.6) is 17.2 Å². The maximum Gasteiger partial charge on any atom is 0.262 e. The highest BCUT2D eigenvalue weighted by atomic mass is 16.5. The molecule has 0 unspecified atom stereocenters. The molecule has 0 fully saturated rings. The van der Waals surface area contributed by atoms with E-state index in [-0.39, 0.29) is 17.9 Å². The number of amides is 1. The Labute approximate surface area is 155 Å². The molecule has 0 atom stereocenters. The molecule has 0 bridgehead atoms. The molecule has 1 amide bonds. The fourth-order valence-electron chi connectivity index (χ4n) is 2.47. The van der Waals surface area contributed by atoms with Crippen molar-refractivity contribution in [2.45, 2.75) is 32.6 Å². The van der Waals surface area contributed by atoms with Gasteiger partial charge in [-0.25, -0.2) is 0 Å². The third kappa shape index (κ3) is 4.91. The summed E-state index contributed by atoms with van der Waals surface area (Å²) >= 11 is 0. The van der Waals surface area contributed by atoms with Gasteiger partial charge >= 0.3 is 0 Å². The quantitative estimate of drug-likeness (QED) is 0.760. The summed E-state index contributed by atoms with van der Waals surface area (Å²) in [6.07, 6.45) is 1.06. The predicted molar refractivity (Wildman–Crippen MR) is 103 cm³/mol. The molecule has 26 heavy (non-hydrogen) atoms. The van der Waals surface area contributed by atoms with Crippen molar-refractivity contribution in [2.75, 3.05) is 26.1 Å². The highest BCUT2D eigenvalue weighted by Crippen LogP contribution is 2.30. The lowest BCUT2D eigenvalue weighted by molar-refractivity contribution is -0.118. The van der Waals surface area contributed by atoms with Crippen LogP contribution < -0.4 is 19.5 Å². The summed E-state index contributed by atoms with van der Waals surface area (Å²) < 4.78 is 16.0. The number of rotatable bonds is 8. The molecule has 2 aromatic carbocycles. The van der Waals surface area contributed by atoms with E-state index in [1.807, 2.05) is 24.3 Å². The molecule has 5 heteroatoms. The van der Waals surface area contributed by atoms with E-state index in [0.717, 1.165) is 6.42 Å². The lowest BCUT2D eigenvalue weighted by Crippen LogP contribution is -2.20. The largest absolute Gasteiger partial charge is 0.493 e. The molecule has 5 nitrogen and oxygen atoms in total. The van der Waals surface area contributed by atoms with Crippen LogP contribution in [0.2, 0.25) is 0 Å². The number of carbonyl (C=O) groups is 1. The first-order chi connectivity index (χ1) is 12.4. The normalized spacial score (nSPS) is 11.0. The van der Waals surface area contributed by atoms with Crippen LogP contribution in [0.25, 0.3) is 0 Å². The zero-order valence-corrected chi connectivity index (χ0v) is 16.1. The van der Waals surface area contributed by atoms with Crippen LogP contribution >= 0.6 is 0 Å². The molecule has 140 valence electrons. The minimum absolute atomic E-state index is 0.0646. The molecule has 0 radical (unpaired) electrons. The molecular weight excluding hydrogens is 330 g/mol. The van der Waals surface area contributed by atoms with Gasteiger partial charge in [-0.05, 0) is 41.7 Å². The van der Waals surface area contributed by atoms with Gasteiger partial charge in [0.05, 0.1) is 14.2 Å². The van der Waals surface area contributed by atoms with Crippen LogP contribution in [-0.4, -0.2) is 26.7 Å². The Morgan fingerprint density at radius 3 is 2.23 bits per heavy atom. The van der Waals surface area contributed by atoms with Crippen molar-refractivity contribution in [1.29, 1.82) is 0 Å². The number of carbonyl (C=O) groups excluding carboxylic acids is 1. The second kappa shape index (κ2) is 8.61. The smallest absolute Gasteiger partial charge is 0.262 e. The molecule has 0 aromatic heterocycles. The number of benzene rings is 2. The number of anilines is 1. The van der Waals surface area contributed by atoms with E-state index in [9.17, 15) is 4.79 Å². The number of methoxy groups -OCH3 is 2. The summed E-state index contributed by atoms with van der Waals surface area (Å²) in [5.74, 6) is 1.59. The molecule has 0 spiro atoms. The van der Waals surface area contributed by atoms with Crippen molar-refractivity contribution in [3.8, 4) is 17.2 Å². The lowest BCUT2D eigenvalue weighted by Gasteiger charge is -2.23. The van der Waals surface area contributed by atoms with Crippen LogP contribution in [0.3, 0.4) is 0 Å². The van der Waals surface area contributed by atoms with Gasteiger partial charge in [-0.1, -0.05) is 32.9 Å². The molecule has 0 aliphatic rings. The third-order valence-electron chi connectivity index (χ3n) is 4.56. The van der Waals surface area contributed by atoms with E-state index >= 15 is 0 Å². The van der Waals surface area contributed by atoms with Gasteiger partial charge in [0.25, 0.3) is 5.91 Å². The highest BCUT2D eigenvalue weighted by molar-refractivity contribution is 5.92. The molecule has 0 aliphatic carbocycles. The van der Waals surface area contributed by atoms with Crippen molar-refractivity contribution in [2.24, 2.45) is 0 Å². The Morgan fingerprint density at radius 2 is 1.65 bits per heavy atom. The topological polar surface area (TPSA) is 56.8 Å². The maximum atomic E-state index is 12.1. The fraction of sp³-hybridized carbons (Fsp3) is 0.381. The number of hydrogen-bond donors (Lipinski definition) is 1. The fourth-order valence-corrected chi connectivity index (χ4v) is 2.47. The van der Waals surface area contributed by atoms with Crippen molar-refractivity contribution < 1.29 is 19.0 Å². The Morgan fingerprint density at radius 1 is 1.00 bits per heavy atom. The lowest BCUT2D eigenvalue weighted by atomic mass is 9.82. The van der Waals surface area contributed by atoms with Crippen molar-refractivity contribution in [1.82, 2.24) is 0 Å². The number of ether oxygens (including phenoxy) is 3. The zero-order valence-electron chi connectivity index (χ0n) is 16.1. The molecule has 2 rings (SSSR count). The van der Waals surface area contributed by atoms with Crippen molar-refractivity contribution >= 4 is 11.6 Å². The maximum absolute atomic E-state index is 12.1. The van der Waals surface area contributed by atoms with Crippen LogP contribution in [-0.2, 0) is 10.2 Å². The average molecular weight is 357 g/mol. The van der Waals surface area contributed by atoms with Crippen LogP contribution in [0.1, 0.15) is 32.8 Å². The first kappa shape index (κ1) is 19.6. The zero-order chi connectivity index (χ0) is 19.2. The summed E-state index contributed by atoms with van der Waals surface area (Å²) in [4.78, 5) is 12.1. The Bertz CT molecular complexity index is 738. The monoisotopic (exact) mass is 357 g/mol. The highest BCUT2D eigenvalue weighted by Gasteiger charge is 2.17. The molecule has 0 saturated carbocycles. The van der Waals surface area contributed by atoms with Crippen molar-refractivity contribution in [3.05, 3.63) is 48.0 Å². The van der Waals surface area contributed by atoms with Gasteiger partial charge in [0.15, 0.2) is 18.1 Å². The van der Waals surface area contributed by atoms with E-state index in [4.69, 9.17) is 14.2 Å². The van der Waals surface area contributed by atoms with Gasteiger partial charge in [0.1, 0.15) is 5.75 Å². The first-order valence-electron chi connectivity index (χ1n) is 8.65. The minimum Gasteiger partial charge on any atom is -0.493 e. The van der Waals surface area contributed by atoms with E-state index in [1.54, 1.807) is 32.4 Å². The van der Waals surface area contributed by atoms with E-state index in [1.165, 1.54) is 5.56 Å². The molecule has 1 N–H and O–H groups in total. The Balaban J connectivity index is 1.93.